The third-order valence-electron chi connectivity index (χ3n) is 3.04. The first-order valence-corrected chi connectivity index (χ1v) is 6.22. The molecule has 6 heteroatoms. The van der Waals surface area contributed by atoms with E-state index in [-0.39, 0.29) is 17.8 Å². The van der Waals surface area contributed by atoms with Gasteiger partial charge in [-0.15, -0.1) is 0 Å². The number of nitrogens with zero attached hydrogens (tertiary/aromatic N) is 2. The first-order valence-electron chi connectivity index (χ1n) is 6.22. The number of nitrogens with one attached hydrogen (secondary N) is 1. The lowest BCUT2D eigenvalue weighted by atomic mass is 10.1. The van der Waals surface area contributed by atoms with Gasteiger partial charge in [0.25, 0.3) is 0 Å². The van der Waals surface area contributed by atoms with E-state index in [1.807, 2.05) is 0 Å². The van der Waals surface area contributed by atoms with E-state index in [0.29, 0.717) is 11.1 Å². The van der Waals surface area contributed by atoms with Gasteiger partial charge in [-0.3, -0.25) is 9.97 Å². The smallest absolute Gasteiger partial charge is 0.152 e. The van der Waals surface area contributed by atoms with Gasteiger partial charge in [-0.25, -0.2) is 13.2 Å². The maximum atomic E-state index is 13.7. The highest BCUT2D eigenvalue weighted by Crippen LogP contribution is 2.25. The molecule has 0 spiro atoms. The lowest BCUT2D eigenvalue weighted by Gasteiger charge is -2.10. The van der Waals surface area contributed by atoms with Crippen molar-refractivity contribution >= 4 is 16.6 Å². The molecular formula is C15H10F3N3. The Labute approximate surface area is 118 Å². The predicted octanol–water partition coefficient (Wildman–Crippen LogP) is 3.66. The Balaban J connectivity index is 1.96. The van der Waals surface area contributed by atoms with Crippen LogP contribution in [0.1, 0.15) is 5.69 Å². The van der Waals surface area contributed by atoms with Crippen molar-refractivity contribution < 1.29 is 13.2 Å². The molecule has 3 aromatic rings. The van der Waals surface area contributed by atoms with Gasteiger partial charge in [0, 0.05) is 29.5 Å². The number of pyridine rings is 2. The van der Waals surface area contributed by atoms with Crippen molar-refractivity contribution in [3.63, 3.8) is 0 Å². The van der Waals surface area contributed by atoms with Crippen LogP contribution in [-0.4, -0.2) is 9.97 Å². The van der Waals surface area contributed by atoms with E-state index in [1.165, 1.54) is 30.6 Å². The molecule has 0 bridgehead atoms. The van der Waals surface area contributed by atoms with Crippen LogP contribution in [0.25, 0.3) is 10.9 Å². The topological polar surface area (TPSA) is 37.8 Å². The highest BCUT2D eigenvalue weighted by molar-refractivity contribution is 5.91. The summed E-state index contributed by atoms with van der Waals surface area (Å²) in [6.07, 6.45) is 2.88. The molecule has 0 radical (unpaired) electrons. The number of rotatable bonds is 3. The summed E-state index contributed by atoms with van der Waals surface area (Å²) in [5, 5.41) is 3.22. The largest absolute Gasteiger partial charge is 0.379 e. The summed E-state index contributed by atoms with van der Waals surface area (Å²) < 4.78 is 40.5. The lowest BCUT2D eigenvalue weighted by molar-refractivity contribution is 0.590. The number of anilines is 1. The fraction of sp³-hybridized carbons (Fsp3) is 0.0667. The summed E-state index contributed by atoms with van der Waals surface area (Å²) in [5.74, 6) is -1.88. The van der Waals surface area contributed by atoms with Crippen molar-refractivity contribution in [2.45, 2.75) is 6.54 Å². The predicted molar refractivity (Wildman–Crippen MR) is 73.2 cm³/mol. The zero-order chi connectivity index (χ0) is 14.8. The summed E-state index contributed by atoms with van der Waals surface area (Å²) in [7, 11) is 0. The third kappa shape index (κ3) is 2.65. The first kappa shape index (κ1) is 13.4. The molecule has 2 aromatic heterocycles. The highest BCUT2D eigenvalue weighted by atomic mass is 19.1. The van der Waals surface area contributed by atoms with Gasteiger partial charge in [0.2, 0.25) is 0 Å². The molecule has 3 nitrogen and oxygen atoms in total. The summed E-state index contributed by atoms with van der Waals surface area (Å²) >= 11 is 0. The van der Waals surface area contributed by atoms with Crippen LogP contribution in [0.5, 0.6) is 0 Å². The van der Waals surface area contributed by atoms with Crippen molar-refractivity contribution in [3.8, 4) is 0 Å². The molecule has 3 rings (SSSR count). The summed E-state index contributed by atoms with van der Waals surface area (Å²) in [6.45, 7) is 0.101. The van der Waals surface area contributed by atoms with E-state index in [0.717, 1.165) is 6.07 Å². The second kappa shape index (κ2) is 5.40. The van der Waals surface area contributed by atoms with Gasteiger partial charge in [-0.05, 0) is 24.3 Å². The van der Waals surface area contributed by atoms with Crippen LogP contribution in [-0.2, 0) is 6.54 Å². The van der Waals surface area contributed by atoms with Gasteiger partial charge in [0.1, 0.15) is 17.2 Å². The van der Waals surface area contributed by atoms with Gasteiger partial charge in [0.15, 0.2) is 5.82 Å². The van der Waals surface area contributed by atoms with Crippen molar-refractivity contribution in [3.05, 3.63) is 65.9 Å². The second-order valence-electron chi connectivity index (χ2n) is 4.43. The van der Waals surface area contributed by atoms with Crippen LogP contribution in [0, 0.1) is 17.5 Å². The standard InChI is InChI=1S/C15H10F3N3/c16-9-6-10-13(3-5-20-15(10)12(18)7-9)21-8-14-11(17)2-1-4-19-14/h1-7H,8H2,(H,20,21). The van der Waals surface area contributed by atoms with E-state index >= 15 is 0 Å². The minimum Gasteiger partial charge on any atom is -0.379 e. The van der Waals surface area contributed by atoms with Crippen LogP contribution in [0.3, 0.4) is 0 Å². The summed E-state index contributed by atoms with van der Waals surface area (Å²) in [4.78, 5) is 7.79. The number of hydrogen-bond acceptors (Lipinski definition) is 3. The zero-order valence-corrected chi connectivity index (χ0v) is 10.8. The normalized spacial score (nSPS) is 10.8. The van der Waals surface area contributed by atoms with Crippen molar-refractivity contribution in [1.29, 1.82) is 0 Å². The van der Waals surface area contributed by atoms with E-state index < -0.39 is 17.5 Å². The van der Waals surface area contributed by atoms with Crippen LogP contribution < -0.4 is 5.32 Å². The Hall–Kier alpha value is -2.63. The molecule has 1 N–H and O–H groups in total. The average molecular weight is 289 g/mol. The minimum absolute atomic E-state index is 0.0582. The van der Waals surface area contributed by atoms with Gasteiger partial charge in [-0.1, -0.05) is 0 Å². The molecule has 0 aliphatic heterocycles. The molecule has 21 heavy (non-hydrogen) atoms. The molecule has 0 unspecified atom stereocenters. The highest BCUT2D eigenvalue weighted by Gasteiger charge is 2.10. The molecule has 0 saturated carbocycles. The SMILES string of the molecule is Fc1cc(F)c2nccc(NCc3ncccc3F)c2c1. The maximum absolute atomic E-state index is 13.7. The molecule has 0 atom stereocenters. The quantitative estimate of drug-likeness (QED) is 0.799. The molecule has 0 aliphatic carbocycles. The Bertz CT molecular complexity index is 805. The fourth-order valence-electron chi connectivity index (χ4n) is 2.06. The van der Waals surface area contributed by atoms with E-state index in [4.69, 9.17) is 0 Å². The Morgan fingerprint density at radius 1 is 0.952 bits per heavy atom. The van der Waals surface area contributed by atoms with Crippen LogP contribution in [0.4, 0.5) is 18.9 Å². The summed E-state index contributed by atoms with van der Waals surface area (Å²) in [5.41, 5.74) is 0.741. The Morgan fingerprint density at radius 2 is 1.81 bits per heavy atom. The van der Waals surface area contributed by atoms with Crippen LogP contribution in [0.2, 0.25) is 0 Å². The maximum Gasteiger partial charge on any atom is 0.152 e. The monoisotopic (exact) mass is 289 g/mol. The number of halogens is 3. The second-order valence-corrected chi connectivity index (χ2v) is 4.43. The molecular weight excluding hydrogens is 279 g/mol. The van der Waals surface area contributed by atoms with Crippen molar-refractivity contribution in [2.75, 3.05) is 5.32 Å². The van der Waals surface area contributed by atoms with Gasteiger partial charge >= 0.3 is 0 Å². The molecule has 0 fully saturated rings. The first-order chi connectivity index (χ1) is 10.1. The third-order valence-corrected chi connectivity index (χ3v) is 3.04. The molecule has 2 heterocycles. The Kier molecular flexibility index (Phi) is 3.43. The number of fused-ring (bicyclic) bond motifs is 1. The van der Waals surface area contributed by atoms with Gasteiger partial charge < -0.3 is 5.32 Å². The van der Waals surface area contributed by atoms with Crippen molar-refractivity contribution in [1.82, 2.24) is 9.97 Å². The van der Waals surface area contributed by atoms with Crippen molar-refractivity contribution in [2.24, 2.45) is 0 Å². The number of hydrogen-bond donors (Lipinski definition) is 1. The molecule has 0 amide bonds. The molecule has 0 saturated heterocycles. The number of aromatic nitrogens is 2. The van der Waals surface area contributed by atoms with E-state index in [1.54, 1.807) is 6.07 Å². The molecule has 106 valence electrons. The van der Waals surface area contributed by atoms with E-state index in [2.05, 4.69) is 15.3 Å². The molecule has 0 aliphatic rings. The fourth-order valence-corrected chi connectivity index (χ4v) is 2.06. The van der Waals surface area contributed by atoms with Gasteiger partial charge in [0.05, 0.1) is 12.2 Å². The van der Waals surface area contributed by atoms with Crippen LogP contribution >= 0.6 is 0 Å². The van der Waals surface area contributed by atoms with Gasteiger partial charge in [-0.2, -0.15) is 0 Å². The Morgan fingerprint density at radius 3 is 2.62 bits per heavy atom. The van der Waals surface area contributed by atoms with E-state index in [9.17, 15) is 13.2 Å². The number of benzene rings is 1. The minimum atomic E-state index is -0.738. The van der Waals surface area contributed by atoms with Crippen LogP contribution in [0.15, 0.2) is 42.7 Å². The zero-order valence-electron chi connectivity index (χ0n) is 10.8. The molecule has 1 aromatic carbocycles. The average Bonchev–Trinajstić information content (AvgIpc) is 2.46. The lowest BCUT2D eigenvalue weighted by Crippen LogP contribution is -2.05. The summed E-state index contributed by atoms with van der Waals surface area (Å²) in [6, 6.07) is 6.32.